The van der Waals surface area contributed by atoms with Crippen LogP contribution in [0.5, 0.6) is 5.75 Å². The van der Waals surface area contributed by atoms with Crippen LogP contribution >= 0.6 is 0 Å². The lowest BCUT2D eigenvalue weighted by molar-refractivity contribution is 0.100. The Bertz CT molecular complexity index is 811. The minimum atomic E-state index is -0.637. The summed E-state index contributed by atoms with van der Waals surface area (Å²) in [4.78, 5) is 15.0. The first-order valence-corrected chi connectivity index (χ1v) is 5.68. The SMILES string of the molecule is NC(=O)c1cnn2cc(O)cc(-c3ccc(F)nc3)c12. The highest BCUT2D eigenvalue weighted by Crippen LogP contribution is 2.29. The lowest BCUT2D eigenvalue weighted by Crippen LogP contribution is -2.10. The molecule has 3 aromatic rings. The van der Waals surface area contributed by atoms with E-state index in [0.29, 0.717) is 16.6 Å². The number of nitrogens with zero attached hydrogens (tertiary/aromatic N) is 3. The number of fused-ring (bicyclic) bond motifs is 1. The van der Waals surface area contributed by atoms with Gasteiger partial charge in [-0.25, -0.2) is 9.50 Å². The van der Waals surface area contributed by atoms with Crippen LogP contribution in [0.15, 0.2) is 36.8 Å². The van der Waals surface area contributed by atoms with Gasteiger partial charge in [0.25, 0.3) is 5.91 Å². The van der Waals surface area contributed by atoms with Gasteiger partial charge in [-0.05, 0) is 18.2 Å². The molecule has 0 atom stereocenters. The molecule has 0 saturated heterocycles. The number of primary amides is 1. The van der Waals surface area contributed by atoms with Crippen LogP contribution in [0.3, 0.4) is 0 Å². The van der Waals surface area contributed by atoms with Gasteiger partial charge in [-0.1, -0.05) is 0 Å². The fourth-order valence-corrected chi connectivity index (χ4v) is 2.04. The maximum Gasteiger partial charge on any atom is 0.252 e. The number of aromatic nitrogens is 3. The number of carbonyl (C=O) groups excluding carboxylic acids is 1. The van der Waals surface area contributed by atoms with Crippen LogP contribution in [0.4, 0.5) is 4.39 Å². The summed E-state index contributed by atoms with van der Waals surface area (Å²) in [5, 5.41) is 13.7. The van der Waals surface area contributed by atoms with Crippen LogP contribution in [0.2, 0.25) is 0 Å². The van der Waals surface area contributed by atoms with Crippen molar-refractivity contribution in [3.8, 4) is 16.9 Å². The highest BCUT2D eigenvalue weighted by atomic mass is 19.1. The number of halogens is 1. The quantitative estimate of drug-likeness (QED) is 0.688. The zero-order valence-electron chi connectivity index (χ0n) is 10.1. The molecule has 3 N–H and O–H groups in total. The number of carbonyl (C=O) groups is 1. The molecule has 0 spiro atoms. The average Bonchev–Trinajstić information content (AvgIpc) is 2.82. The van der Waals surface area contributed by atoms with Crippen molar-refractivity contribution in [2.24, 2.45) is 5.73 Å². The molecule has 0 unspecified atom stereocenters. The van der Waals surface area contributed by atoms with E-state index in [2.05, 4.69) is 10.1 Å². The van der Waals surface area contributed by atoms with Gasteiger partial charge in [0.15, 0.2) is 0 Å². The lowest BCUT2D eigenvalue weighted by Gasteiger charge is -2.06. The molecule has 0 radical (unpaired) electrons. The molecule has 7 heteroatoms. The summed E-state index contributed by atoms with van der Waals surface area (Å²) in [7, 11) is 0. The third kappa shape index (κ3) is 1.85. The summed E-state index contributed by atoms with van der Waals surface area (Å²) in [6.45, 7) is 0. The molecular formula is C13H9FN4O2. The van der Waals surface area contributed by atoms with Crippen LogP contribution in [-0.2, 0) is 0 Å². The van der Waals surface area contributed by atoms with Crippen molar-refractivity contribution >= 4 is 11.4 Å². The second-order valence-electron chi connectivity index (χ2n) is 4.20. The van der Waals surface area contributed by atoms with Gasteiger partial charge in [-0.3, -0.25) is 4.79 Å². The smallest absolute Gasteiger partial charge is 0.252 e. The maximum absolute atomic E-state index is 12.9. The molecule has 3 heterocycles. The minimum Gasteiger partial charge on any atom is -0.506 e. The van der Waals surface area contributed by atoms with Gasteiger partial charge in [-0.2, -0.15) is 9.49 Å². The van der Waals surface area contributed by atoms with E-state index in [1.807, 2.05) is 0 Å². The van der Waals surface area contributed by atoms with Crippen LogP contribution < -0.4 is 5.73 Å². The minimum absolute atomic E-state index is 0.0454. The fraction of sp³-hybridized carbons (Fsp3) is 0. The number of pyridine rings is 2. The Labute approximate surface area is 112 Å². The van der Waals surface area contributed by atoms with Crippen molar-refractivity contribution in [3.05, 3.63) is 48.3 Å². The first kappa shape index (κ1) is 12.1. The molecule has 20 heavy (non-hydrogen) atoms. The van der Waals surface area contributed by atoms with Crippen molar-refractivity contribution in [3.63, 3.8) is 0 Å². The Morgan fingerprint density at radius 1 is 1.35 bits per heavy atom. The first-order valence-electron chi connectivity index (χ1n) is 5.68. The monoisotopic (exact) mass is 272 g/mol. The highest BCUT2D eigenvalue weighted by Gasteiger charge is 2.16. The molecule has 0 fully saturated rings. The number of aromatic hydroxyl groups is 1. The van der Waals surface area contributed by atoms with E-state index >= 15 is 0 Å². The van der Waals surface area contributed by atoms with E-state index in [1.54, 1.807) is 0 Å². The van der Waals surface area contributed by atoms with Gasteiger partial charge in [0.2, 0.25) is 5.95 Å². The predicted octanol–water partition coefficient (Wildman–Crippen LogP) is 1.34. The van der Waals surface area contributed by atoms with Crippen molar-refractivity contribution < 1.29 is 14.3 Å². The predicted molar refractivity (Wildman–Crippen MR) is 68.6 cm³/mol. The van der Waals surface area contributed by atoms with Gasteiger partial charge in [0.1, 0.15) is 5.75 Å². The third-order valence-corrected chi connectivity index (χ3v) is 2.90. The summed E-state index contributed by atoms with van der Waals surface area (Å²) < 4.78 is 14.2. The van der Waals surface area contributed by atoms with Gasteiger partial charge in [-0.15, -0.1) is 0 Å². The number of nitrogens with two attached hydrogens (primary N) is 1. The molecule has 3 aromatic heterocycles. The standard InChI is InChI=1S/C13H9FN4O2/c14-11-2-1-7(4-16-11)9-3-8(19)6-18-12(9)10(5-17-18)13(15)20/h1-6,19H,(H2,15,20). The second kappa shape index (κ2) is 4.30. The zero-order chi connectivity index (χ0) is 14.3. The Morgan fingerprint density at radius 3 is 2.80 bits per heavy atom. The molecule has 0 bridgehead atoms. The number of hydrogen-bond donors (Lipinski definition) is 2. The molecule has 6 nitrogen and oxygen atoms in total. The van der Waals surface area contributed by atoms with E-state index in [9.17, 15) is 14.3 Å². The number of hydrogen-bond acceptors (Lipinski definition) is 4. The van der Waals surface area contributed by atoms with E-state index in [4.69, 9.17) is 5.73 Å². The molecule has 0 aromatic carbocycles. The average molecular weight is 272 g/mol. The lowest BCUT2D eigenvalue weighted by atomic mass is 10.0. The number of amides is 1. The molecule has 0 saturated carbocycles. The van der Waals surface area contributed by atoms with Crippen LogP contribution in [0, 0.1) is 5.95 Å². The summed E-state index contributed by atoms with van der Waals surface area (Å²) in [5.74, 6) is -1.30. The molecule has 1 amide bonds. The first-order chi connectivity index (χ1) is 9.56. The van der Waals surface area contributed by atoms with E-state index < -0.39 is 11.9 Å². The summed E-state index contributed by atoms with van der Waals surface area (Å²) in [5.41, 5.74) is 6.98. The molecule has 3 rings (SSSR count). The Hall–Kier alpha value is -2.96. The molecular weight excluding hydrogens is 263 g/mol. The van der Waals surface area contributed by atoms with Crippen molar-refractivity contribution in [1.29, 1.82) is 0 Å². The Morgan fingerprint density at radius 2 is 2.15 bits per heavy atom. The van der Waals surface area contributed by atoms with Gasteiger partial charge in [0.05, 0.1) is 23.5 Å². The third-order valence-electron chi connectivity index (χ3n) is 2.90. The second-order valence-corrected chi connectivity index (χ2v) is 4.20. The molecule has 0 aliphatic carbocycles. The van der Waals surface area contributed by atoms with Crippen molar-refractivity contribution in [2.75, 3.05) is 0 Å². The fourth-order valence-electron chi connectivity index (χ4n) is 2.04. The molecule has 100 valence electrons. The van der Waals surface area contributed by atoms with Crippen LogP contribution in [-0.4, -0.2) is 25.6 Å². The Balaban J connectivity index is 2.35. The summed E-state index contributed by atoms with van der Waals surface area (Å²) in [6, 6.07) is 4.13. The Kier molecular flexibility index (Phi) is 2.60. The topological polar surface area (TPSA) is 93.5 Å². The number of rotatable bonds is 2. The van der Waals surface area contributed by atoms with Gasteiger partial charge < -0.3 is 10.8 Å². The molecule has 0 aliphatic heterocycles. The van der Waals surface area contributed by atoms with Crippen molar-refractivity contribution in [2.45, 2.75) is 0 Å². The van der Waals surface area contributed by atoms with E-state index in [-0.39, 0.29) is 11.3 Å². The summed E-state index contributed by atoms with van der Waals surface area (Å²) in [6.07, 6.45) is 3.97. The van der Waals surface area contributed by atoms with E-state index in [0.717, 1.165) is 0 Å². The molecule has 0 aliphatic rings. The maximum atomic E-state index is 12.9. The van der Waals surface area contributed by atoms with Crippen LogP contribution in [0.25, 0.3) is 16.6 Å². The van der Waals surface area contributed by atoms with E-state index in [1.165, 1.54) is 41.3 Å². The zero-order valence-corrected chi connectivity index (χ0v) is 10.1. The van der Waals surface area contributed by atoms with Crippen LogP contribution in [0.1, 0.15) is 10.4 Å². The highest BCUT2D eigenvalue weighted by molar-refractivity contribution is 6.03. The van der Waals surface area contributed by atoms with Gasteiger partial charge >= 0.3 is 0 Å². The van der Waals surface area contributed by atoms with Gasteiger partial charge in [0, 0.05) is 17.3 Å². The normalized spacial score (nSPS) is 10.8. The summed E-state index contributed by atoms with van der Waals surface area (Å²) >= 11 is 0. The van der Waals surface area contributed by atoms with Crippen molar-refractivity contribution in [1.82, 2.24) is 14.6 Å². The largest absolute Gasteiger partial charge is 0.506 e.